The molecule has 6 heteroatoms. The molecule has 32 heavy (non-hydrogen) atoms. The van der Waals surface area contributed by atoms with Crippen LogP contribution in [0.25, 0.3) is 0 Å². The predicted octanol–water partition coefficient (Wildman–Crippen LogP) is 4.25. The van der Waals surface area contributed by atoms with Gasteiger partial charge in [-0.1, -0.05) is 23.8 Å². The lowest BCUT2D eigenvalue weighted by molar-refractivity contribution is 0.0950. The maximum atomic E-state index is 13.1. The third-order valence-electron chi connectivity index (χ3n) is 5.86. The molecule has 0 fully saturated rings. The summed E-state index contributed by atoms with van der Waals surface area (Å²) in [5, 5.41) is 2.96. The maximum Gasteiger partial charge on any atom is 0.258 e. The molecule has 0 unspecified atom stereocenters. The first-order chi connectivity index (χ1) is 15.6. The highest BCUT2D eigenvalue weighted by molar-refractivity contribution is 6.07. The van der Waals surface area contributed by atoms with E-state index in [1.807, 2.05) is 66.4 Å². The van der Waals surface area contributed by atoms with Crippen LogP contribution in [-0.4, -0.2) is 25.2 Å². The van der Waals surface area contributed by atoms with Crippen molar-refractivity contribution in [3.63, 3.8) is 0 Å². The summed E-state index contributed by atoms with van der Waals surface area (Å²) in [4.78, 5) is 27.7. The van der Waals surface area contributed by atoms with E-state index in [4.69, 9.17) is 9.47 Å². The van der Waals surface area contributed by atoms with Crippen molar-refractivity contribution in [1.82, 2.24) is 5.32 Å². The van der Waals surface area contributed by atoms with Crippen LogP contribution >= 0.6 is 0 Å². The van der Waals surface area contributed by atoms with Crippen molar-refractivity contribution in [2.75, 3.05) is 18.2 Å². The smallest absolute Gasteiger partial charge is 0.258 e. The van der Waals surface area contributed by atoms with E-state index < -0.39 is 0 Å². The molecule has 3 aromatic carbocycles. The van der Waals surface area contributed by atoms with Crippen molar-refractivity contribution < 1.29 is 19.1 Å². The lowest BCUT2D eigenvalue weighted by Gasteiger charge is -2.30. The average Bonchev–Trinajstić information content (AvgIpc) is 3.29. The molecule has 6 nitrogen and oxygen atoms in total. The molecule has 0 bridgehead atoms. The normalized spacial score (nSPS) is 14.1. The van der Waals surface area contributed by atoms with Crippen LogP contribution in [0.15, 0.2) is 60.7 Å². The quantitative estimate of drug-likeness (QED) is 0.675. The molecular formula is C26H24N2O4. The highest BCUT2D eigenvalue weighted by atomic mass is 16.7. The van der Waals surface area contributed by atoms with Gasteiger partial charge in [-0.15, -0.1) is 0 Å². The summed E-state index contributed by atoms with van der Waals surface area (Å²) in [5.74, 6) is 1.27. The van der Waals surface area contributed by atoms with E-state index in [1.54, 1.807) is 6.07 Å². The van der Waals surface area contributed by atoms with Crippen molar-refractivity contribution in [2.24, 2.45) is 0 Å². The number of nitrogens with one attached hydrogen (secondary N) is 1. The summed E-state index contributed by atoms with van der Waals surface area (Å²) >= 11 is 0. The molecule has 2 aliphatic heterocycles. The van der Waals surface area contributed by atoms with E-state index in [0.29, 0.717) is 30.0 Å². The molecule has 0 saturated heterocycles. The topological polar surface area (TPSA) is 67.9 Å². The molecule has 0 atom stereocenters. The third kappa shape index (κ3) is 3.91. The molecule has 162 valence electrons. The number of fused-ring (bicyclic) bond motifs is 2. The van der Waals surface area contributed by atoms with Gasteiger partial charge in [-0.2, -0.15) is 0 Å². The zero-order valence-corrected chi connectivity index (χ0v) is 17.9. The molecule has 2 aliphatic rings. The second kappa shape index (κ2) is 8.38. The minimum Gasteiger partial charge on any atom is -0.454 e. The molecule has 0 radical (unpaired) electrons. The third-order valence-corrected chi connectivity index (χ3v) is 5.86. The lowest BCUT2D eigenvalue weighted by atomic mass is 9.98. The van der Waals surface area contributed by atoms with Crippen LogP contribution in [0.4, 0.5) is 5.69 Å². The Morgan fingerprint density at radius 2 is 1.84 bits per heavy atom. The van der Waals surface area contributed by atoms with Gasteiger partial charge in [0.05, 0.1) is 0 Å². The van der Waals surface area contributed by atoms with Crippen LogP contribution in [0.2, 0.25) is 0 Å². The van der Waals surface area contributed by atoms with E-state index >= 15 is 0 Å². The fourth-order valence-corrected chi connectivity index (χ4v) is 4.22. The molecule has 3 aromatic rings. The van der Waals surface area contributed by atoms with Crippen molar-refractivity contribution in [3.05, 3.63) is 88.5 Å². The van der Waals surface area contributed by atoms with Crippen molar-refractivity contribution in [2.45, 2.75) is 26.3 Å². The Kier molecular flexibility index (Phi) is 5.27. The molecule has 5 rings (SSSR count). The summed E-state index contributed by atoms with van der Waals surface area (Å²) in [6, 6.07) is 18.9. The maximum absolute atomic E-state index is 13.1. The fourth-order valence-electron chi connectivity index (χ4n) is 4.22. The number of carbonyl (C=O) groups is 2. The summed E-state index contributed by atoms with van der Waals surface area (Å²) in [7, 11) is 0. The highest BCUT2D eigenvalue weighted by Crippen LogP contribution is 2.33. The van der Waals surface area contributed by atoms with Gasteiger partial charge in [0.25, 0.3) is 11.8 Å². The van der Waals surface area contributed by atoms with Crippen LogP contribution in [0.1, 0.15) is 43.8 Å². The summed E-state index contributed by atoms with van der Waals surface area (Å²) in [5.41, 5.74) is 5.18. The molecule has 0 aliphatic carbocycles. The van der Waals surface area contributed by atoms with Gasteiger partial charge in [0.15, 0.2) is 11.5 Å². The highest BCUT2D eigenvalue weighted by Gasteiger charge is 2.24. The van der Waals surface area contributed by atoms with Crippen molar-refractivity contribution >= 4 is 17.5 Å². The van der Waals surface area contributed by atoms with Gasteiger partial charge in [-0.25, -0.2) is 0 Å². The van der Waals surface area contributed by atoms with Gasteiger partial charge in [0.2, 0.25) is 6.79 Å². The van der Waals surface area contributed by atoms with Crippen molar-refractivity contribution in [1.29, 1.82) is 0 Å². The second-order valence-corrected chi connectivity index (χ2v) is 8.14. The van der Waals surface area contributed by atoms with E-state index in [1.165, 1.54) is 0 Å². The summed E-state index contributed by atoms with van der Waals surface area (Å²) in [6.45, 7) is 3.28. The Balaban J connectivity index is 1.30. The molecule has 1 N–H and O–H groups in total. The second-order valence-electron chi connectivity index (χ2n) is 8.14. The van der Waals surface area contributed by atoms with E-state index in [9.17, 15) is 9.59 Å². The number of ether oxygens (including phenoxy) is 2. The minimum absolute atomic E-state index is 0.00494. The van der Waals surface area contributed by atoms with Crippen LogP contribution in [0.3, 0.4) is 0 Å². The number of benzene rings is 3. The van der Waals surface area contributed by atoms with Crippen LogP contribution in [-0.2, 0) is 13.0 Å². The Morgan fingerprint density at radius 1 is 0.969 bits per heavy atom. The number of aryl methyl sites for hydroxylation is 2. The monoisotopic (exact) mass is 428 g/mol. The van der Waals surface area contributed by atoms with Gasteiger partial charge in [-0.3, -0.25) is 9.59 Å². The number of carbonyl (C=O) groups excluding carboxylic acids is 2. The van der Waals surface area contributed by atoms with Crippen molar-refractivity contribution in [3.8, 4) is 11.5 Å². The number of hydrogen-bond acceptors (Lipinski definition) is 4. The summed E-state index contributed by atoms with van der Waals surface area (Å²) < 4.78 is 10.7. The number of amides is 2. The lowest BCUT2D eigenvalue weighted by Crippen LogP contribution is -2.35. The zero-order valence-electron chi connectivity index (χ0n) is 17.9. The summed E-state index contributed by atoms with van der Waals surface area (Å²) in [6.07, 6.45) is 1.71. The Morgan fingerprint density at radius 3 is 2.72 bits per heavy atom. The van der Waals surface area contributed by atoms with Crippen LogP contribution in [0, 0.1) is 6.92 Å². The first-order valence-electron chi connectivity index (χ1n) is 10.8. The predicted molar refractivity (Wildman–Crippen MR) is 121 cm³/mol. The van der Waals surface area contributed by atoms with Crippen LogP contribution in [0.5, 0.6) is 11.5 Å². The molecule has 2 heterocycles. The fraction of sp³-hybridized carbons (Fsp3) is 0.231. The van der Waals surface area contributed by atoms with Gasteiger partial charge in [0.1, 0.15) is 0 Å². The Hall–Kier alpha value is -3.80. The Bertz CT molecular complexity index is 1200. The average molecular weight is 428 g/mol. The number of anilines is 1. The van der Waals surface area contributed by atoms with Gasteiger partial charge >= 0.3 is 0 Å². The first kappa shape index (κ1) is 20.1. The van der Waals surface area contributed by atoms with E-state index in [0.717, 1.165) is 41.0 Å². The number of rotatable bonds is 4. The van der Waals surface area contributed by atoms with Gasteiger partial charge < -0.3 is 19.7 Å². The van der Waals surface area contributed by atoms with Gasteiger partial charge in [0, 0.05) is 29.9 Å². The standard InChI is InChI=1S/C26H24N2O4/c1-17-4-2-5-21(12-17)26(30)28-11-3-6-19-14-20(8-9-22(19)28)25(29)27-15-18-7-10-23-24(13-18)32-16-31-23/h2,4-5,7-10,12-14H,3,6,11,15-16H2,1H3,(H,27,29). The number of nitrogens with zero attached hydrogens (tertiary/aromatic N) is 1. The minimum atomic E-state index is -0.146. The molecule has 0 saturated carbocycles. The van der Waals surface area contributed by atoms with E-state index in [2.05, 4.69) is 5.32 Å². The number of hydrogen-bond donors (Lipinski definition) is 1. The molecular weight excluding hydrogens is 404 g/mol. The molecule has 2 amide bonds. The van der Waals surface area contributed by atoms with Crippen LogP contribution < -0.4 is 19.7 Å². The zero-order chi connectivity index (χ0) is 22.1. The SMILES string of the molecule is Cc1cccc(C(=O)N2CCCc3cc(C(=O)NCc4ccc5c(c4)OCO5)ccc32)c1. The van der Waals surface area contributed by atoms with Gasteiger partial charge in [-0.05, 0) is 73.4 Å². The Labute approximate surface area is 186 Å². The first-order valence-corrected chi connectivity index (χ1v) is 10.8. The molecule has 0 spiro atoms. The van der Waals surface area contributed by atoms with E-state index in [-0.39, 0.29) is 18.6 Å². The largest absolute Gasteiger partial charge is 0.454 e. The molecule has 0 aromatic heterocycles.